The summed E-state index contributed by atoms with van der Waals surface area (Å²) in [6.45, 7) is 0. The van der Waals surface area contributed by atoms with Crippen molar-refractivity contribution < 1.29 is 0 Å². The number of aromatic nitrogens is 2. The Morgan fingerprint density at radius 3 is 1.57 bits per heavy atom. The van der Waals surface area contributed by atoms with E-state index in [9.17, 15) is 0 Å². The fourth-order valence-corrected chi connectivity index (χ4v) is 13.7. The van der Waals surface area contributed by atoms with E-state index < -0.39 is 5.41 Å². The summed E-state index contributed by atoms with van der Waals surface area (Å²) in [5.41, 5.74) is 20.8. The molecule has 0 saturated heterocycles. The van der Waals surface area contributed by atoms with E-state index in [2.05, 4.69) is 226 Å². The van der Waals surface area contributed by atoms with E-state index in [-0.39, 0.29) is 0 Å². The van der Waals surface area contributed by atoms with Crippen LogP contribution in [0.3, 0.4) is 0 Å². The molecule has 4 heteroatoms. The van der Waals surface area contributed by atoms with Gasteiger partial charge in [-0.2, -0.15) is 0 Å². The van der Waals surface area contributed by atoms with E-state index in [0.29, 0.717) is 0 Å². The van der Waals surface area contributed by atoms with Crippen LogP contribution in [0.5, 0.6) is 0 Å². The summed E-state index contributed by atoms with van der Waals surface area (Å²) in [7, 11) is 0. The average molecular weight is 842 g/mol. The number of thiophene rings is 1. The van der Waals surface area contributed by atoms with Gasteiger partial charge in [0.05, 0.1) is 44.2 Å². The second-order valence-corrected chi connectivity index (χ2v) is 19.0. The molecular weight excluding hydrogens is 807 g/mol. The lowest BCUT2D eigenvalue weighted by molar-refractivity contribution is 0.794. The van der Waals surface area contributed by atoms with Gasteiger partial charge in [-0.25, -0.2) is 0 Å². The molecule has 0 fully saturated rings. The highest BCUT2D eigenvalue weighted by Crippen LogP contribution is 2.64. The Morgan fingerprint density at radius 2 is 0.862 bits per heavy atom. The Morgan fingerprint density at radius 1 is 0.338 bits per heavy atom. The molecule has 300 valence electrons. The molecule has 0 aliphatic heterocycles. The third kappa shape index (κ3) is 4.09. The van der Waals surface area contributed by atoms with Gasteiger partial charge < -0.3 is 13.7 Å². The molecule has 10 aromatic carbocycles. The van der Waals surface area contributed by atoms with E-state index in [1.807, 2.05) is 11.3 Å². The zero-order chi connectivity index (χ0) is 42.1. The molecule has 14 aromatic rings. The summed E-state index contributed by atoms with van der Waals surface area (Å²) < 4.78 is 7.67. The summed E-state index contributed by atoms with van der Waals surface area (Å²) in [6.07, 6.45) is 0. The van der Waals surface area contributed by atoms with Crippen LogP contribution in [0, 0.1) is 0 Å². The maximum absolute atomic E-state index is 2.56. The minimum atomic E-state index is -0.454. The second-order valence-electron chi connectivity index (χ2n) is 17.9. The maximum atomic E-state index is 2.56. The molecule has 4 heterocycles. The Hall–Kier alpha value is -8.18. The minimum absolute atomic E-state index is 0.454. The maximum Gasteiger partial charge on any atom is 0.0789 e. The van der Waals surface area contributed by atoms with Gasteiger partial charge in [-0.15, -0.1) is 11.3 Å². The number of fused-ring (bicyclic) bond motifs is 22. The van der Waals surface area contributed by atoms with Crippen molar-refractivity contribution in [1.29, 1.82) is 0 Å². The standard InChI is InChI=1S/C61H35N3S/c1-7-20-47-38(14-1)39-15-2-8-21-48(39)61(47)49-22-9-3-19-45(49)58-50(61)23-13-26-54(58)62(36-29-33-57-46(34-36)42-18-6-12-27-56(42)65-57)37-28-32-53-55(35-37)64-52-25-11-5-17-41(52)44-31-30-43-40-16-4-10-24-51(40)63(53)59(43)60(44)64/h1-35H. The lowest BCUT2D eigenvalue weighted by atomic mass is 9.70. The molecule has 0 unspecified atom stereocenters. The molecule has 4 aromatic heterocycles. The van der Waals surface area contributed by atoms with Crippen LogP contribution in [0.4, 0.5) is 17.1 Å². The first kappa shape index (κ1) is 34.3. The highest BCUT2D eigenvalue weighted by atomic mass is 32.1. The van der Waals surface area contributed by atoms with Crippen molar-refractivity contribution in [3.8, 4) is 22.3 Å². The fourth-order valence-electron chi connectivity index (χ4n) is 12.6. The van der Waals surface area contributed by atoms with Crippen molar-refractivity contribution >= 4 is 103 Å². The molecule has 3 nitrogen and oxygen atoms in total. The Kier molecular flexibility index (Phi) is 6.38. The van der Waals surface area contributed by atoms with E-state index >= 15 is 0 Å². The lowest BCUT2D eigenvalue weighted by Crippen LogP contribution is -2.26. The first-order valence-electron chi connectivity index (χ1n) is 22.5. The second kappa shape index (κ2) is 12.1. The number of rotatable bonds is 3. The minimum Gasteiger partial charge on any atom is -0.310 e. The molecule has 2 aliphatic carbocycles. The van der Waals surface area contributed by atoms with Crippen molar-refractivity contribution in [2.24, 2.45) is 0 Å². The van der Waals surface area contributed by atoms with Crippen molar-refractivity contribution in [2.75, 3.05) is 4.90 Å². The molecule has 16 rings (SSSR count). The van der Waals surface area contributed by atoms with Crippen LogP contribution in [0.1, 0.15) is 22.3 Å². The topological polar surface area (TPSA) is 12.1 Å². The predicted octanol–water partition coefficient (Wildman–Crippen LogP) is 16.4. The van der Waals surface area contributed by atoms with Gasteiger partial charge in [-0.05, 0) is 99.6 Å². The van der Waals surface area contributed by atoms with Crippen LogP contribution in [0.2, 0.25) is 0 Å². The van der Waals surface area contributed by atoms with E-state index in [1.165, 1.54) is 125 Å². The van der Waals surface area contributed by atoms with E-state index in [1.54, 1.807) is 0 Å². The van der Waals surface area contributed by atoms with Gasteiger partial charge in [-0.1, -0.05) is 152 Å². The predicted molar refractivity (Wildman–Crippen MR) is 273 cm³/mol. The zero-order valence-electron chi connectivity index (χ0n) is 35.0. The summed E-state index contributed by atoms with van der Waals surface area (Å²) in [6, 6.07) is 80.1. The number of para-hydroxylation sites is 2. The van der Waals surface area contributed by atoms with Crippen LogP contribution in [0.25, 0.3) is 97.1 Å². The van der Waals surface area contributed by atoms with Crippen molar-refractivity contribution in [2.45, 2.75) is 5.41 Å². The molecule has 65 heavy (non-hydrogen) atoms. The molecule has 0 atom stereocenters. The number of benzene rings is 10. The van der Waals surface area contributed by atoms with Crippen LogP contribution in [0.15, 0.2) is 212 Å². The van der Waals surface area contributed by atoms with Gasteiger partial charge in [-0.3, -0.25) is 0 Å². The molecule has 2 aliphatic rings. The van der Waals surface area contributed by atoms with Gasteiger partial charge in [0.2, 0.25) is 0 Å². The van der Waals surface area contributed by atoms with Gasteiger partial charge >= 0.3 is 0 Å². The highest BCUT2D eigenvalue weighted by Gasteiger charge is 2.52. The Balaban J connectivity index is 1.05. The first-order chi connectivity index (χ1) is 32.3. The number of hydrogen-bond donors (Lipinski definition) is 0. The largest absolute Gasteiger partial charge is 0.310 e. The summed E-state index contributed by atoms with van der Waals surface area (Å²) in [5, 5.41) is 7.68. The van der Waals surface area contributed by atoms with Crippen LogP contribution < -0.4 is 4.90 Å². The summed E-state index contributed by atoms with van der Waals surface area (Å²) >= 11 is 1.87. The number of anilines is 3. The molecule has 0 radical (unpaired) electrons. The number of hydrogen-bond acceptors (Lipinski definition) is 2. The zero-order valence-corrected chi connectivity index (χ0v) is 35.8. The summed E-state index contributed by atoms with van der Waals surface area (Å²) in [4.78, 5) is 2.56. The molecular formula is C61H35N3S. The third-order valence-electron chi connectivity index (χ3n) is 15.0. The SMILES string of the molecule is c1ccc2c(c1)-c1ccccc1C21c2ccccc2-c2c(N(c3ccc4sc5ccccc5c4c3)c3ccc4c(c3)n3c5ccccc5c5ccc6c7ccccc7n4c6c53)cccc21. The van der Waals surface area contributed by atoms with Crippen LogP contribution in [-0.2, 0) is 5.41 Å². The molecule has 0 N–H and O–H groups in total. The van der Waals surface area contributed by atoms with Gasteiger partial charge in [0.1, 0.15) is 0 Å². The third-order valence-corrected chi connectivity index (χ3v) is 16.2. The first-order valence-corrected chi connectivity index (χ1v) is 23.3. The van der Waals surface area contributed by atoms with Crippen molar-refractivity contribution in [1.82, 2.24) is 8.80 Å². The smallest absolute Gasteiger partial charge is 0.0789 e. The van der Waals surface area contributed by atoms with Crippen LogP contribution >= 0.6 is 11.3 Å². The molecule has 1 spiro atoms. The normalized spacial score (nSPS) is 13.7. The molecule has 0 saturated carbocycles. The summed E-state index contributed by atoms with van der Waals surface area (Å²) in [5.74, 6) is 0. The monoisotopic (exact) mass is 841 g/mol. The van der Waals surface area contributed by atoms with Gasteiger partial charge in [0.15, 0.2) is 0 Å². The van der Waals surface area contributed by atoms with E-state index in [4.69, 9.17) is 0 Å². The van der Waals surface area contributed by atoms with Gasteiger partial charge in [0.25, 0.3) is 0 Å². The van der Waals surface area contributed by atoms with Gasteiger partial charge in [0, 0.05) is 58.7 Å². The molecule has 0 amide bonds. The Labute approximate surface area is 377 Å². The molecule has 0 bridgehead atoms. The fraction of sp³-hybridized carbons (Fsp3) is 0.0164. The lowest BCUT2D eigenvalue weighted by Gasteiger charge is -2.32. The Bertz CT molecular complexity index is 4340. The highest BCUT2D eigenvalue weighted by molar-refractivity contribution is 7.25. The quantitative estimate of drug-likeness (QED) is 0.161. The average Bonchev–Trinajstić information content (AvgIpc) is 4.15. The van der Waals surface area contributed by atoms with Crippen LogP contribution in [-0.4, -0.2) is 8.80 Å². The van der Waals surface area contributed by atoms with Crippen molar-refractivity contribution in [3.63, 3.8) is 0 Å². The van der Waals surface area contributed by atoms with Crippen molar-refractivity contribution in [3.05, 3.63) is 235 Å². The number of nitrogens with zero attached hydrogens (tertiary/aromatic N) is 3. The van der Waals surface area contributed by atoms with E-state index in [0.717, 1.165) is 11.4 Å².